The summed E-state index contributed by atoms with van der Waals surface area (Å²) >= 11 is 0. The Bertz CT molecular complexity index is 749. The highest BCUT2D eigenvalue weighted by atomic mass is 16.5. The summed E-state index contributed by atoms with van der Waals surface area (Å²) in [7, 11) is 1.71. The van der Waals surface area contributed by atoms with Gasteiger partial charge in [0.1, 0.15) is 11.8 Å². The number of unbranched alkanes of at least 4 members (excludes halogenated alkanes) is 1. The first-order valence-corrected chi connectivity index (χ1v) is 11.4. The van der Waals surface area contributed by atoms with Gasteiger partial charge in [0, 0.05) is 50.5 Å². The number of carbonyl (C=O) groups excluding carboxylic acids is 2. The van der Waals surface area contributed by atoms with Crippen LogP contribution in [0.2, 0.25) is 0 Å². The van der Waals surface area contributed by atoms with Crippen molar-refractivity contribution < 1.29 is 14.3 Å². The van der Waals surface area contributed by atoms with Crippen LogP contribution in [-0.2, 0) is 4.79 Å². The largest absolute Gasteiger partial charge is 0.497 e. The Hall–Kier alpha value is -2.28. The number of hydrogen-bond donors (Lipinski definition) is 0. The van der Waals surface area contributed by atoms with E-state index in [1.807, 2.05) is 12.1 Å². The lowest BCUT2D eigenvalue weighted by atomic mass is 10.1. The molecule has 1 aromatic carbocycles. The predicted molar refractivity (Wildman–Crippen MR) is 117 cm³/mol. The molecule has 0 aromatic heterocycles. The van der Waals surface area contributed by atoms with Gasteiger partial charge in [-0.15, -0.1) is 0 Å². The molecule has 3 aliphatic heterocycles. The van der Waals surface area contributed by atoms with E-state index >= 15 is 0 Å². The number of fused-ring (bicyclic) bond motifs is 1. The van der Waals surface area contributed by atoms with E-state index in [0.29, 0.717) is 12.6 Å². The number of anilines is 1. The van der Waals surface area contributed by atoms with Crippen molar-refractivity contribution in [2.24, 2.45) is 0 Å². The van der Waals surface area contributed by atoms with Crippen molar-refractivity contribution in [2.45, 2.75) is 51.1 Å². The number of hydrogen-bond acceptors (Lipinski definition) is 5. The highest BCUT2D eigenvalue weighted by molar-refractivity contribution is 6.04. The van der Waals surface area contributed by atoms with Gasteiger partial charge in [-0.25, -0.2) is 4.79 Å². The van der Waals surface area contributed by atoms with E-state index in [-0.39, 0.29) is 18.0 Å². The fraction of sp³-hybridized carbons (Fsp3) is 0.652. The fourth-order valence-electron chi connectivity index (χ4n) is 5.09. The van der Waals surface area contributed by atoms with E-state index in [1.165, 1.54) is 10.6 Å². The Balaban J connectivity index is 1.24. The summed E-state index contributed by atoms with van der Waals surface area (Å²) in [5, 5.41) is 0. The summed E-state index contributed by atoms with van der Waals surface area (Å²) in [6.45, 7) is 7.63. The average molecular weight is 415 g/mol. The molecule has 7 nitrogen and oxygen atoms in total. The molecule has 0 N–H and O–H groups in total. The van der Waals surface area contributed by atoms with Gasteiger partial charge in [0.05, 0.1) is 7.11 Å². The minimum absolute atomic E-state index is 0.0239. The second-order valence-electron chi connectivity index (χ2n) is 8.58. The molecule has 0 radical (unpaired) electrons. The molecule has 3 amide bonds. The predicted octanol–water partition coefficient (Wildman–Crippen LogP) is 2.80. The molecule has 0 bridgehead atoms. The van der Waals surface area contributed by atoms with Gasteiger partial charge in [0.25, 0.3) is 5.91 Å². The summed E-state index contributed by atoms with van der Waals surface area (Å²) in [5.74, 6) is 0.922. The molecule has 164 valence electrons. The third-order valence-corrected chi connectivity index (χ3v) is 6.85. The van der Waals surface area contributed by atoms with Crippen molar-refractivity contribution in [1.29, 1.82) is 0 Å². The molecule has 2 atom stereocenters. The van der Waals surface area contributed by atoms with Crippen LogP contribution in [0.25, 0.3) is 0 Å². The standard InChI is InChI=1S/C23H34N4O3/c1-3-18-17-25(19-8-6-9-20(16-19)30-2)15-14-24(18)11-4-5-12-27-22(28)21-10-7-13-26(21)23(27)29/h6,8-9,16,18,21H,3-5,7,10-15,17H2,1-2H3. The quantitative estimate of drug-likeness (QED) is 0.484. The maximum absolute atomic E-state index is 12.4. The third kappa shape index (κ3) is 4.13. The Kier molecular flexibility index (Phi) is 6.46. The number of ether oxygens (including phenoxy) is 1. The molecule has 2 unspecified atom stereocenters. The van der Waals surface area contributed by atoms with Gasteiger partial charge in [0.2, 0.25) is 0 Å². The number of amides is 3. The zero-order valence-electron chi connectivity index (χ0n) is 18.3. The number of carbonyl (C=O) groups is 2. The average Bonchev–Trinajstić information content (AvgIpc) is 3.35. The SMILES string of the molecule is CCC1CN(c2cccc(OC)c2)CCN1CCCCN1C(=O)C2CCCN2C1=O. The fourth-order valence-corrected chi connectivity index (χ4v) is 5.09. The molecule has 0 spiro atoms. The summed E-state index contributed by atoms with van der Waals surface area (Å²) in [6.07, 6.45) is 4.79. The lowest BCUT2D eigenvalue weighted by molar-refractivity contribution is -0.128. The Labute approximate surface area is 179 Å². The lowest BCUT2D eigenvalue weighted by Crippen LogP contribution is -2.53. The zero-order chi connectivity index (χ0) is 21.1. The van der Waals surface area contributed by atoms with E-state index in [1.54, 1.807) is 12.0 Å². The Morgan fingerprint density at radius 2 is 1.93 bits per heavy atom. The van der Waals surface area contributed by atoms with Gasteiger partial charge in [-0.3, -0.25) is 14.6 Å². The van der Waals surface area contributed by atoms with Crippen LogP contribution in [0, 0.1) is 0 Å². The molecule has 30 heavy (non-hydrogen) atoms. The van der Waals surface area contributed by atoms with E-state index in [9.17, 15) is 9.59 Å². The molecule has 0 saturated carbocycles. The second kappa shape index (κ2) is 9.25. The molecule has 4 rings (SSSR count). The number of methoxy groups -OCH3 is 1. The van der Waals surface area contributed by atoms with Crippen LogP contribution >= 0.6 is 0 Å². The minimum Gasteiger partial charge on any atom is -0.497 e. The van der Waals surface area contributed by atoms with Gasteiger partial charge in [0.15, 0.2) is 0 Å². The van der Waals surface area contributed by atoms with Gasteiger partial charge in [-0.2, -0.15) is 0 Å². The Morgan fingerprint density at radius 3 is 2.70 bits per heavy atom. The molecule has 7 heteroatoms. The van der Waals surface area contributed by atoms with Crippen molar-refractivity contribution in [3.8, 4) is 5.75 Å². The van der Waals surface area contributed by atoms with E-state index < -0.39 is 0 Å². The number of benzene rings is 1. The molecule has 0 aliphatic carbocycles. The number of urea groups is 1. The van der Waals surface area contributed by atoms with Crippen molar-refractivity contribution in [3.63, 3.8) is 0 Å². The summed E-state index contributed by atoms with van der Waals surface area (Å²) < 4.78 is 5.37. The van der Waals surface area contributed by atoms with Crippen LogP contribution in [0.1, 0.15) is 39.0 Å². The maximum Gasteiger partial charge on any atom is 0.327 e. The van der Waals surface area contributed by atoms with Crippen LogP contribution in [-0.4, -0.2) is 85.1 Å². The monoisotopic (exact) mass is 414 g/mol. The summed E-state index contributed by atoms with van der Waals surface area (Å²) in [5.41, 5.74) is 1.22. The molecular formula is C23H34N4O3. The molecular weight excluding hydrogens is 380 g/mol. The van der Waals surface area contributed by atoms with Crippen LogP contribution in [0.5, 0.6) is 5.75 Å². The molecule has 3 fully saturated rings. The van der Waals surface area contributed by atoms with Crippen LogP contribution in [0.4, 0.5) is 10.5 Å². The van der Waals surface area contributed by atoms with Gasteiger partial charge in [-0.1, -0.05) is 13.0 Å². The second-order valence-corrected chi connectivity index (χ2v) is 8.58. The number of piperazine rings is 1. The molecule has 3 heterocycles. The molecule has 3 saturated heterocycles. The lowest BCUT2D eigenvalue weighted by Gasteiger charge is -2.42. The van der Waals surface area contributed by atoms with E-state index in [2.05, 4.69) is 28.9 Å². The van der Waals surface area contributed by atoms with Crippen LogP contribution in [0.15, 0.2) is 24.3 Å². The third-order valence-electron chi connectivity index (χ3n) is 6.85. The summed E-state index contributed by atoms with van der Waals surface area (Å²) in [6, 6.07) is 8.57. The first-order chi connectivity index (χ1) is 14.6. The van der Waals surface area contributed by atoms with Crippen molar-refractivity contribution in [3.05, 3.63) is 24.3 Å². The molecule has 3 aliphatic rings. The Morgan fingerprint density at radius 1 is 1.10 bits per heavy atom. The number of imide groups is 1. The number of nitrogens with zero attached hydrogens (tertiary/aromatic N) is 4. The number of rotatable bonds is 8. The summed E-state index contributed by atoms with van der Waals surface area (Å²) in [4.78, 5) is 33.1. The smallest absolute Gasteiger partial charge is 0.327 e. The maximum atomic E-state index is 12.4. The van der Waals surface area contributed by atoms with Gasteiger partial charge in [-0.05, 0) is 50.8 Å². The van der Waals surface area contributed by atoms with Crippen molar-refractivity contribution in [2.75, 3.05) is 51.3 Å². The highest BCUT2D eigenvalue weighted by Gasteiger charge is 2.46. The van der Waals surface area contributed by atoms with E-state index in [0.717, 1.165) is 70.6 Å². The van der Waals surface area contributed by atoms with Crippen molar-refractivity contribution >= 4 is 17.6 Å². The highest BCUT2D eigenvalue weighted by Crippen LogP contribution is 2.28. The van der Waals surface area contributed by atoms with Gasteiger partial charge < -0.3 is 14.5 Å². The van der Waals surface area contributed by atoms with E-state index in [4.69, 9.17) is 4.74 Å². The van der Waals surface area contributed by atoms with Crippen LogP contribution in [0.3, 0.4) is 0 Å². The first-order valence-electron chi connectivity index (χ1n) is 11.4. The molecule has 1 aromatic rings. The van der Waals surface area contributed by atoms with Crippen LogP contribution < -0.4 is 9.64 Å². The van der Waals surface area contributed by atoms with Crippen molar-refractivity contribution in [1.82, 2.24) is 14.7 Å². The first kappa shape index (κ1) is 21.0. The topological polar surface area (TPSA) is 56.3 Å². The minimum atomic E-state index is -0.174. The van der Waals surface area contributed by atoms with Gasteiger partial charge >= 0.3 is 6.03 Å². The zero-order valence-corrected chi connectivity index (χ0v) is 18.3. The normalized spacial score (nSPS) is 24.7.